The normalized spacial score (nSPS) is 16.0. The summed E-state index contributed by atoms with van der Waals surface area (Å²) < 4.78 is 15.4. The highest BCUT2D eigenvalue weighted by atomic mass is 19.1. The molecule has 1 fully saturated rings. The Kier molecular flexibility index (Phi) is 4.66. The Bertz CT molecular complexity index is 1080. The van der Waals surface area contributed by atoms with Crippen molar-refractivity contribution in [3.8, 4) is 17.5 Å². The lowest BCUT2D eigenvalue weighted by molar-refractivity contribution is 0.412. The molecule has 0 atom stereocenters. The van der Waals surface area contributed by atoms with Gasteiger partial charge in [-0.05, 0) is 32.0 Å². The molecule has 7 nitrogen and oxygen atoms in total. The minimum atomic E-state index is -0.280. The first kappa shape index (κ1) is 18.9. The van der Waals surface area contributed by atoms with Crippen LogP contribution in [0.2, 0.25) is 0 Å². The smallest absolute Gasteiger partial charge is 0.164 e. The molecule has 0 bridgehead atoms. The number of hydrogen-bond acceptors (Lipinski definition) is 6. The molecular weight excluding hydrogens is 369 g/mol. The largest absolute Gasteiger partial charge is 0.363 e. The van der Waals surface area contributed by atoms with Crippen LogP contribution in [0.25, 0.3) is 11.4 Å². The van der Waals surface area contributed by atoms with Crippen LogP contribution in [0.3, 0.4) is 0 Å². The van der Waals surface area contributed by atoms with Gasteiger partial charge in [0.2, 0.25) is 0 Å². The Balaban J connectivity index is 1.65. The van der Waals surface area contributed by atoms with E-state index in [-0.39, 0.29) is 11.4 Å². The van der Waals surface area contributed by atoms with Gasteiger partial charge in [-0.25, -0.2) is 14.4 Å². The molecule has 0 amide bonds. The van der Waals surface area contributed by atoms with Crippen LogP contribution in [0.1, 0.15) is 19.4 Å². The zero-order valence-corrected chi connectivity index (χ0v) is 16.7. The van der Waals surface area contributed by atoms with Crippen molar-refractivity contribution >= 4 is 11.5 Å². The average molecular weight is 391 g/mol. The monoisotopic (exact) mass is 391 g/mol. The SMILES string of the molecule is Cn1cc(-c2ncc(C#N)c(N3CCN(c4cccc(F)c4)C(C)(C)C3)n2)cn1. The third kappa shape index (κ3) is 3.63. The van der Waals surface area contributed by atoms with Gasteiger partial charge in [0.1, 0.15) is 17.4 Å². The molecule has 0 saturated carbocycles. The summed E-state index contributed by atoms with van der Waals surface area (Å²) in [6.45, 7) is 6.21. The van der Waals surface area contributed by atoms with Crippen LogP contribution < -0.4 is 9.80 Å². The van der Waals surface area contributed by atoms with Crippen molar-refractivity contribution in [2.75, 3.05) is 29.4 Å². The first-order valence-electron chi connectivity index (χ1n) is 9.42. The van der Waals surface area contributed by atoms with E-state index in [4.69, 9.17) is 0 Å². The Labute approximate surface area is 169 Å². The van der Waals surface area contributed by atoms with E-state index in [1.165, 1.54) is 6.07 Å². The van der Waals surface area contributed by atoms with Gasteiger partial charge in [-0.3, -0.25) is 4.68 Å². The Morgan fingerprint density at radius 1 is 1.21 bits per heavy atom. The molecule has 8 heteroatoms. The molecule has 3 heterocycles. The van der Waals surface area contributed by atoms with Crippen molar-refractivity contribution in [3.05, 3.63) is 54.2 Å². The zero-order chi connectivity index (χ0) is 20.6. The fraction of sp³-hybridized carbons (Fsp3) is 0.333. The second-order valence-electron chi connectivity index (χ2n) is 7.81. The molecule has 1 aromatic carbocycles. The highest BCUT2D eigenvalue weighted by molar-refractivity contribution is 5.62. The van der Waals surface area contributed by atoms with Crippen LogP contribution in [0.4, 0.5) is 15.9 Å². The van der Waals surface area contributed by atoms with Crippen LogP contribution in [-0.2, 0) is 7.05 Å². The number of hydrogen-bond donors (Lipinski definition) is 0. The predicted molar refractivity (Wildman–Crippen MR) is 109 cm³/mol. The fourth-order valence-electron chi connectivity index (χ4n) is 3.83. The standard InChI is InChI=1S/C21H22FN7/c1-21(2)14-28(7-8-29(21)18-6-4-5-17(22)9-18)20-15(10-23)11-24-19(26-20)16-12-25-27(3)13-16/h4-6,9,11-13H,7-8,14H2,1-3H3. The maximum absolute atomic E-state index is 13.7. The lowest BCUT2D eigenvalue weighted by Crippen LogP contribution is -2.60. The van der Waals surface area contributed by atoms with Crippen molar-refractivity contribution in [2.45, 2.75) is 19.4 Å². The van der Waals surface area contributed by atoms with Crippen molar-refractivity contribution in [3.63, 3.8) is 0 Å². The van der Waals surface area contributed by atoms with Gasteiger partial charge < -0.3 is 9.80 Å². The average Bonchev–Trinajstić information content (AvgIpc) is 3.13. The van der Waals surface area contributed by atoms with Gasteiger partial charge in [-0.1, -0.05) is 6.07 Å². The van der Waals surface area contributed by atoms with E-state index in [9.17, 15) is 9.65 Å². The predicted octanol–water partition coefficient (Wildman–Crippen LogP) is 2.99. The number of aryl methyl sites for hydroxylation is 1. The number of nitriles is 1. The Hall–Kier alpha value is -3.47. The lowest BCUT2D eigenvalue weighted by atomic mass is 9.97. The molecule has 0 aliphatic carbocycles. The number of benzene rings is 1. The Morgan fingerprint density at radius 3 is 2.69 bits per heavy atom. The maximum Gasteiger partial charge on any atom is 0.164 e. The maximum atomic E-state index is 13.7. The summed E-state index contributed by atoms with van der Waals surface area (Å²) in [6.07, 6.45) is 5.12. The van der Waals surface area contributed by atoms with E-state index in [1.807, 2.05) is 19.3 Å². The van der Waals surface area contributed by atoms with Crippen molar-refractivity contribution < 1.29 is 4.39 Å². The fourth-order valence-corrected chi connectivity index (χ4v) is 3.83. The second kappa shape index (κ2) is 7.17. The first-order chi connectivity index (χ1) is 13.9. The molecule has 0 N–H and O–H groups in total. The van der Waals surface area contributed by atoms with Gasteiger partial charge in [0.25, 0.3) is 0 Å². The summed E-state index contributed by atoms with van der Waals surface area (Å²) in [4.78, 5) is 13.3. The number of rotatable bonds is 3. The van der Waals surface area contributed by atoms with Crippen molar-refractivity contribution in [2.24, 2.45) is 7.05 Å². The minimum absolute atomic E-state index is 0.246. The molecule has 4 rings (SSSR count). The Morgan fingerprint density at radius 2 is 2.03 bits per heavy atom. The lowest BCUT2D eigenvalue weighted by Gasteiger charge is -2.49. The summed E-state index contributed by atoms with van der Waals surface area (Å²) in [5.41, 5.74) is 1.82. The third-order valence-electron chi connectivity index (χ3n) is 5.17. The number of anilines is 2. The summed E-state index contributed by atoms with van der Waals surface area (Å²) in [6, 6.07) is 8.86. The van der Waals surface area contributed by atoms with Gasteiger partial charge in [0.05, 0.1) is 23.5 Å². The van der Waals surface area contributed by atoms with E-state index in [1.54, 1.807) is 29.2 Å². The molecular formula is C21H22FN7. The highest BCUT2D eigenvalue weighted by Crippen LogP contribution is 2.31. The first-order valence-corrected chi connectivity index (χ1v) is 9.42. The van der Waals surface area contributed by atoms with E-state index in [0.717, 1.165) is 11.3 Å². The van der Waals surface area contributed by atoms with E-state index >= 15 is 0 Å². The van der Waals surface area contributed by atoms with Crippen LogP contribution in [0.15, 0.2) is 42.9 Å². The number of aromatic nitrogens is 4. The second-order valence-corrected chi connectivity index (χ2v) is 7.81. The topological polar surface area (TPSA) is 73.9 Å². The number of halogens is 1. The summed E-state index contributed by atoms with van der Waals surface area (Å²) >= 11 is 0. The van der Waals surface area contributed by atoms with Crippen molar-refractivity contribution in [1.29, 1.82) is 5.26 Å². The van der Waals surface area contributed by atoms with E-state index in [0.29, 0.717) is 36.8 Å². The van der Waals surface area contributed by atoms with Crippen LogP contribution in [0, 0.1) is 17.1 Å². The van der Waals surface area contributed by atoms with E-state index < -0.39 is 0 Å². The summed E-state index contributed by atoms with van der Waals surface area (Å²) in [5, 5.41) is 13.8. The molecule has 1 saturated heterocycles. The molecule has 3 aromatic rings. The third-order valence-corrected chi connectivity index (χ3v) is 5.17. The molecule has 0 radical (unpaired) electrons. The van der Waals surface area contributed by atoms with E-state index in [2.05, 4.69) is 44.8 Å². The van der Waals surface area contributed by atoms with Gasteiger partial charge in [-0.15, -0.1) is 0 Å². The number of nitrogens with zero attached hydrogens (tertiary/aromatic N) is 7. The molecule has 0 unspecified atom stereocenters. The molecule has 29 heavy (non-hydrogen) atoms. The quantitative estimate of drug-likeness (QED) is 0.683. The summed E-state index contributed by atoms with van der Waals surface area (Å²) in [5.74, 6) is 0.912. The minimum Gasteiger partial charge on any atom is -0.363 e. The number of piperazine rings is 1. The van der Waals surface area contributed by atoms with Crippen LogP contribution >= 0.6 is 0 Å². The highest BCUT2D eigenvalue weighted by Gasteiger charge is 2.35. The van der Waals surface area contributed by atoms with Gasteiger partial charge >= 0.3 is 0 Å². The molecule has 148 valence electrons. The van der Waals surface area contributed by atoms with Crippen molar-refractivity contribution in [1.82, 2.24) is 19.7 Å². The van der Waals surface area contributed by atoms with Crippen LogP contribution in [0.5, 0.6) is 0 Å². The van der Waals surface area contributed by atoms with Gasteiger partial charge in [0, 0.05) is 38.6 Å². The molecule has 1 aliphatic heterocycles. The van der Waals surface area contributed by atoms with Crippen LogP contribution in [-0.4, -0.2) is 44.9 Å². The summed E-state index contributed by atoms with van der Waals surface area (Å²) in [7, 11) is 1.84. The van der Waals surface area contributed by atoms with Gasteiger partial charge in [0.15, 0.2) is 11.6 Å². The molecule has 0 spiro atoms. The zero-order valence-electron chi connectivity index (χ0n) is 16.7. The molecule has 1 aliphatic rings. The molecule has 2 aromatic heterocycles. The van der Waals surface area contributed by atoms with Gasteiger partial charge in [-0.2, -0.15) is 10.4 Å².